The Morgan fingerprint density at radius 2 is 2.22 bits per heavy atom. The molecule has 0 amide bonds. The second kappa shape index (κ2) is 5.28. The van der Waals surface area contributed by atoms with Gasteiger partial charge in [0, 0.05) is 13.1 Å². The molecule has 0 bridgehead atoms. The fourth-order valence-electron chi connectivity index (χ4n) is 1.56. The number of benzene rings is 1. The Hall–Kier alpha value is -1.07. The van der Waals surface area contributed by atoms with Gasteiger partial charge in [0.2, 0.25) is 0 Å². The molecule has 6 heteroatoms. The zero-order chi connectivity index (χ0) is 13.3. The predicted octanol–water partition coefficient (Wildman–Crippen LogP) is 3.86. The number of rotatable bonds is 3. The molecule has 2 aromatic rings. The first kappa shape index (κ1) is 13.4. The molecule has 1 heterocycles. The van der Waals surface area contributed by atoms with Gasteiger partial charge in [-0.3, -0.25) is 4.68 Å². The highest BCUT2D eigenvalue weighted by molar-refractivity contribution is 9.10. The summed E-state index contributed by atoms with van der Waals surface area (Å²) in [5, 5.41) is 4.33. The van der Waals surface area contributed by atoms with E-state index in [0.29, 0.717) is 12.4 Å². The summed E-state index contributed by atoms with van der Waals surface area (Å²) >= 11 is 9.04. The minimum absolute atomic E-state index is 0.0832. The largest absolute Gasteiger partial charge is 0.487 e. The maximum atomic E-state index is 13.2. The van der Waals surface area contributed by atoms with Gasteiger partial charge in [0.15, 0.2) is 0 Å². The van der Waals surface area contributed by atoms with Gasteiger partial charge >= 0.3 is 0 Å². The van der Waals surface area contributed by atoms with Crippen LogP contribution in [0.2, 0.25) is 5.02 Å². The zero-order valence-corrected chi connectivity index (χ0v) is 12.2. The van der Waals surface area contributed by atoms with Crippen LogP contribution < -0.4 is 4.74 Å². The summed E-state index contributed by atoms with van der Waals surface area (Å²) in [5.74, 6) is -0.0583. The van der Waals surface area contributed by atoms with E-state index >= 15 is 0 Å². The van der Waals surface area contributed by atoms with Crippen LogP contribution in [0.1, 0.15) is 11.4 Å². The Morgan fingerprint density at radius 1 is 1.50 bits per heavy atom. The van der Waals surface area contributed by atoms with E-state index in [1.54, 1.807) is 10.7 Å². The highest BCUT2D eigenvalue weighted by atomic mass is 79.9. The Labute approximate surface area is 118 Å². The maximum Gasteiger partial charge on any atom is 0.145 e. The van der Waals surface area contributed by atoms with E-state index < -0.39 is 5.82 Å². The third-order valence-corrected chi connectivity index (χ3v) is 3.87. The molecule has 2 rings (SSSR count). The average Bonchev–Trinajstić information content (AvgIpc) is 2.56. The lowest BCUT2D eigenvalue weighted by Crippen LogP contribution is -2.03. The van der Waals surface area contributed by atoms with Crippen LogP contribution in [0, 0.1) is 12.7 Å². The zero-order valence-electron chi connectivity index (χ0n) is 9.88. The van der Waals surface area contributed by atoms with Crippen LogP contribution in [0.5, 0.6) is 5.75 Å². The van der Waals surface area contributed by atoms with Crippen molar-refractivity contribution in [3.8, 4) is 5.75 Å². The lowest BCUT2D eigenvalue weighted by atomic mass is 10.3. The van der Waals surface area contributed by atoms with Gasteiger partial charge in [-0.25, -0.2) is 4.39 Å². The van der Waals surface area contributed by atoms with Crippen molar-refractivity contribution in [2.24, 2.45) is 7.05 Å². The summed E-state index contributed by atoms with van der Waals surface area (Å²) in [6.45, 7) is 2.20. The smallest absolute Gasteiger partial charge is 0.145 e. The number of aromatic nitrogens is 2. The summed E-state index contributed by atoms with van der Waals surface area (Å²) < 4.78 is 21.4. The van der Waals surface area contributed by atoms with Crippen LogP contribution in [-0.4, -0.2) is 9.78 Å². The van der Waals surface area contributed by atoms with Crippen molar-refractivity contribution < 1.29 is 9.13 Å². The van der Waals surface area contributed by atoms with Gasteiger partial charge < -0.3 is 4.74 Å². The molecule has 0 unspecified atom stereocenters. The van der Waals surface area contributed by atoms with Gasteiger partial charge in [0.25, 0.3) is 0 Å². The van der Waals surface area contributed by atoms with Gasteiger partial charge in [-0.15, -0.1) is 0 Å². The normalized spacial score (nSPS) is 10.7. The molecule has 0 aliphatic rings. The van der Waals surface area contributed by atoms with E-state index in [9.17, 15) is 4.39 Å². The molecule has 0 saturated carbocycles. The monoisotopic (exact) mass is 332 g/mol. The molecule has 0 spiro atoms. The van der Waals surface area contributed by atoms with Gasteiger partial charge in [0.05, 0.1) is 20.9 Å². The van der Waals surface area contributed by atoms with E-state index in [2.05, 4.69) is 21.0 Å². The van der Waals surface area contributed by atoms with Gasteiger partial charge in [-0.2, -0.15) is 5.10 Å². The van der Waals surface area contributed by atoms with Crippen molar-refractivity contribution in [3.05, 3.63) is 44.9 Å². The highest BCUT2D eigenvalue weighted by Gasteiger charge is 2.11. The molecule has 0 aliphatic carbocycles. The van der Waals surface area contributed by atoms with Gasteiger partial charge in [-0.1, -0.05) is 11.6 Å². The van der Waals surface area contributed by atoms with Crippen molar-refractivity contribution >= 4 is 27.5 Å². The van der Waals surface area contributed by atoms with Crippen LogP contribution >= 0.6 is 27.5 Å². The molecule has 3 nitrogen and oxygen atoms in total. The summed E-state index contributed by atoms with van der Waals surface area (Å²) in [6, 6.07) is 4.36. The second-order valence-electron chi connectivity index (χ2n) is 3.83. The molecule has 0 aliphatic heterocycles. The van der Waals surface area contributed by atoms with E-state index in [1.165, 1.54) is 12.1 Å². The first-order valence-corrected chi connectivity index (χ1v) is 6.42. The molecule has 0 radical (unpaired) electrons. The molecular weight excluding hydrogens is 322 g/mol. The fraction of sp³-hybridized carbons (Fsp3) is 0.250. The molecule has 0 saturated heterocycles. The predicted molar refractivity (Wildman–Crippen MR) is 71.4 cm³/mol. The summed E-state index contributed by atoms with van der Waals surface area (Å²) in [4.78, 5) is 0. The summed E-state index contributed by atoms with van der Waals surface area (Å²) in [5.41, 5.74) is 1.78. The van der Waals surface area contributed by atoms with Gasteiger partial charge in [0.1, 0.15) is 18.2 Å². The molecule has 96 valence electrons. The lowest BCUT2D eigenvalue weighted by molar-refractivity contribution is 0.292. The van der Waals surface area contributed by atoms with Crippen LogP contribution in [0.25, 0.3) is 0 Å². The lowest BCUT2D eigenvalue weighted by Gasteiger charge is -2.07. The van der Waals surface area contributed by atoms with Crippen LogP contribution in [0.15, 0.2) is 22.7 Å². The van der Waals surface area contributed by atoms with E-state index in [-0.39, 0.29) is 5.02 Å². The molecule has 0 fully saturated rings. The minimum atomic E-state index is -0.491. The number of nitrogens with zero attached hydrogens (tertiary/aromatic N) is 2. The van der Waals surface area contributed by atoms with Crippen LogP contribution in [-0.2, 0) is 13.7 Å². The van der Waals surface area contributed by atoms with E-state index in [4.69, 9.17) is 16.3 Å². The first-order chi connectivity index (χ1) is 8.49. The minimum Gasteiger partial charge on any atom is -0.487 e. The molecule has 1 aromatic carbocycles. The third kappa shape index (κ3) is 2.67. The Bertz CT molecular complexity index is 586. The van der Waals surface area contributed by atoms with Crippen molar-refractivity contribution in [1.29, 1.82) is 0 Å². The highest BCUT2D eigenvalue weighted by Crippen LogP contribution is 2.24. The third-order valence-electron chi connectivity index (χ3n) is 2.53. The molecule has 0 atom stereocenters. The summed E-state index contributed by atoms with van der Waals surface area (Å²) in [6.07, 6.45) is 0. The van der Waals surface area contributed by atoms with Crippen LogP contribution in [0.4, 0.5) is 4.39 Å². The summed E-state index contributed by atoms with van der Waals surface area (Å²) in [7, 11) is 1.83. The number of halogens is 3. The molecule has 18 heavy (non-hydrogen) atoms. The number of aryl methyl sites for hydroxylation is 2. The maximum absolute atomic E-state index is 13.2. The van der Waals surface area contributed by atoms with Gasteiger partial charge in [-0.05, 0) is 35.0 Å². The quantitative estimate of drug-likeness (QED) is 0.853. The van der Waals surface area contributed by atoms with E-state index in [1.807, 2.05) is 14.0 Å². The first-order valence-electron chi connectivity index (χ1n) is 5.25. The SMILES string of the molecule is Cc1nn(C)c(COc2ccc(Cl)c(F)c2)c1Br. The Balaban J connectivity index is 2.14. The topological polar surface area (TPSA) is 27.1 Å². The average molecular weight is 334 g/mol. The number of hydrogen-bond donors (Lipinski definition) is 0. The molecule has 1 aromatic heterocycles. The molecule has 0 N–H and O–H groups in total. The van der Waals surface area contributed by atoms with Crippen molar-refractivity contribution in [3.63, 3.8) is 0 Å². The Morgan fingerprint density at radius 3 is 2.78 bits per heavy atom. The van der Waals surface area contributed by atoms with Crippen molar-refractivity contribution in [1.82, 2.24) is 9.78 Å². The van der Waals surface area contributed by atoms with Crippen LogP contribution in [0.3, 0.4) is 0 Å². The molecular formula is C12H11BrClFN2O. The fourth-order valence-corrected chi connectivity index (χ4v) is 2.12. The number of ether oxygens (including phenoxy) is 1. The van der Waals surface area contributed by atoms with Crippen molar-refractivity contribution in [2.75, 3.05) is 0 Å². The van der Waals surface area contributed by atoms with E-state index in [0.717, 1.165) is 15.9 Å². The standard InChI is InChI=1S/C12H11BrClFN2O/c1-7-12(13)11(17(2)16-7)6-18-8-3-4-9(14)10(15)5-8/h3-5H,6H2,1-2H3. The van der Waals surface area contributed by atoms with Crippen molar-refractivity contribution in [2.45, 2.75) is 13.5 Å². The second-order valence-corrected chi connectivity index (χ2v) is 5.03. The Kier molecular flexibility index (Phi) is 3.92. The number of hydrogen-bond acceptors (Lipinski definition) is 2.